The Hall–Kier alpha value is -2.91. The van der Waals surface area contributed by atoms with E-state index in [4.69, 9.17) is 0 Å². The SMILES string of the molecule is CN(C)C(=O)[O-].CN(C)C(=O)[O-].CN(C)C(=O)[O-].CN(C)C(=O)[O-].CN(C)C(=O)[O-].[Nb+5]. The van der Waals surface area contributed by atoms with Crippen molar-refractivity contribution in [3.05, 3.63) is 0 Å². The van der Waals surface area contributed by atoms with Crippen molar-refractivity contribution in [3.8, 4) is 0 Å². The monoisotopic (exact) mass is 533 g/mol. The third-order valence-corrected chi connectivity index (χ3v) is 1.83. The summed E-state index contributed by atoms with van der Waals surface area (Å²) in [5, 5.41) is 47.6. The van der Waals surface area contributed by atoms with Crippen LogP contribution in [0.15, 0.2) is 0 Å². The summed E-state index contributed by atoms with van der Waals surface area (Å²) in [5.41, 5.74) is 0. The standard InChI is InChI=1S/5C3H7NO2.Nb/c5*1-4(2)3(5)6;/h5*1-2H3,(H,5,6);/q;;;;;+5/p-5. The van der Waals surface area contributed by atoms with Crippen molar-refractivity contribution in [1.82, 2.24) is 24.5 Å². The van der Waals surface area contributed by atoms with Gasteiger partial charge in [-0.15, -0.1) is 0 Å². The van der Waals surface area contributed by atoms with Crippen molar-refractivity contribution in [1.29, 1.82) is 0 Å². The molecular formula is C15H30N5NbO10. The summed E-state index contributed by atoms with van der Waals surface area (Å²) in [5.74, 6) is 0. The Morgan fingerprint density at radius 2 is 0.387 bits per heavy atom. The van der Waals surface area contributed by atoms with E-state index in [-0.39, 0.29) is 22.4 Å². The van der Waals surface area contributed by atoms with Gasteiger partial charge in [0.05, 0.1) is 0 Å². The third kappa shape index (κ3) is 58.4. The molecule has 0 spiro atoms. The molecule has 5 amide bonds. The van der Waals surface area contributed by atoms with Crippen LogP contribution in [-0.4, -0.2) is 125 Å². The largest absolute Gasteiger partial charge is 5.00 e. The Balaban J connectivity index is -0.0000000625. The fourth-order valence-electron chi connectivity index (χ4n) is 0. The fourth-order valence-corrected chi connectivity index (χ4v) is 0. The van der Waals surface area contributed by atoms with Gasteiger partial charge in [-0.1, -0.05) is 0 Å². The molecule has 0 aliphatic heterocycles. The van der Waals surface area contributed by atoms with Crippen molar-refractivity contribution >= 4 is 30.5 Å². The van der Waals surface area contributed by atoms with Crippen molar-refractivity contribution in [2.45, 2.75) is 0 Å². The topological polar surface area (TPSA) is 217 Å². The molecule has 31 heavy (non-hydrogen) atoms. The summed E-state index contributed by atoms with van der Waals surface area (Å²) in [6.45, 7) is 0. The molecule has 0 unspecified atom stereocenters. The smallest absolute Gasteiger partial charge is 0.530 e. The van der Waals surface area contributed by atoms with Crippen LogP contribution in [0.5, 0.6) is 0 Å². The molecule has 180 valence electrons. The maximum atomic E-state index is 9.51. The molecule has 0 bridgehead atoms. The number of nitrogens with zero attached hydrogens (tertiary/aromatic N) is 5. The second-order valence-electron chi connectivity index (χ2n) is 5.80. The zero-order chi connectivity index (χ0) is 25.8. The molecule has 0 aliphatic carbocycles. The molecule has 0 aromatic heterocycles. The number of rotatable bonds is 0. The number of carbonyl (C=O) groups is 5. The van der Waals surface area contributed by atoms with Gasteiger partial charge < -0.3 is 74.0 Å². The zero-order valence-corrected chi connectivity index (χ0v) is 21.5. The summed E-state index contributed by atoms with van der Waals surface area (Å²) < 4.78 is 0. The summed E-state index contributed by atoms with van der Waals surface area (Å²) in [6.07, 6.45) is -5.79. The van der Waals surface area contributed by atoms with Gasteiger partial charge in [-0.2, -0.15) is 0 Å². The summed E-state index contributed by atoms with van der Waals surface area (Å²) in [6, 6.07) is 0. The molecule has 0 aromatic carbocycles. The van der Waals surface area contributed by atoms with Gasteiger partial charge in [-0.3, -0.25) is 0 Å². The van der Waals surface area contributed by atoms with Crippen LogP contribution in [0.4, 0.5) is 24.0 Å². The van der Waals surface area contributed by atoms with Gasteiger partial charge in [0.2, 0.25) is 0 Å². The van der Waals surface area contributed by atoms with Crippen molar-refractivity contribution < 1.29 is 71.9 Å². The predicted molar refractivity (Wildman–Crippen MR) is 95.4 cm³/mol. The Kier molecular flexibility index (Phi) is 34.2. The number of hydrogen-bond acceptors (Lipinski definition) is 10. The van der Waals surface area contributed by atoms with Crippen LogP contribution < -0.4 is 25.5 Å². The average Bonchev–Trinajstić information content (AvgIpc) is 2.56. The fraction of sp³-hybridized carbons (Fsp3) is 0.667. The van der Waals surface area contributed by atoms with Gasteiger partial charge in [-0.05, 0) is 0 Å². The zero-order valence-electron chi connectivity index (χ0n) is 19.3. The van der Waals surface area contributed by atoms with E-state index in [9.17, 15) is 49.5 Å². The number of hydrogen-bond donors (Lipinski definition) is 0. The first-order chi connectivity index (χ1) is 13.2. The van der Waals surface area contributed by atoms with E-state index in [2.05, 4.69) is 0 Å². The van der Waals surface area contributed by atoms with E-state index >= 15 is 0 Å². The molecule has 0 N–H and O–H groups in total. The third-order valence-electron chi connectivity index (χ3n) is 1.83. The minimum absolute atomic E-state index is 0. The molecule has 0 atom stereocenters. The van der Waals surface area contributed by atoms with Crippen LogP contribution in [-0.2, 0) is 22.4 Å². The molecule has 16 heteroatoms. The van der Waals surface area contributed by atoms with Gasteiger partial charge >= 0.3 is 22.4 Å². The van der Waals surface area contributed by atoms with Gasteiger partial charge in [0.15, 0.2) is 0 Å². The Bertz CT molecular complexity index is 410. The van der Waals surface area contributed by atoms with Crippen molar-refractivity contribution in [3.63, 3.8) is 0 Å². The molecule has 0 radical (unpaired) electrons. The Labute approximate surface area is 197 Å². The molecule has 0 aromatic rings. The van der Waals surface area contributed by atoms with Crippen LogP contribution in [0, 0.1) is 0 Å². The Morgan fingerprint density at radius 1 is 0.355 bits per heavy atom. The van der Waals surface area contributed by atoms with Gasteiger partial charge in [0.1, 0.15) is 30.5 Å². The molecule has 0 aliphatic rings. The van der Waals surface area contributed by atoms with Crippen LogP contribution in [0.2, 0.25) is 0 Å². The molecule has 0 heterocycles. The first kappa shape index (κ1) is 42.2. The quantitative estimate of drug-likeness (QED) is 0.269. The molecule has 0 saturated heterocycles. The first-order valence-corrected chi connectivity index (χ1v) is 7.63. The van der Waals surface area contributed by atoms with E-state index in [0.717, 1.165) is 24.5 Å². The van der Waals surface area contributed by atoms with E-state index in [0.29, 0.717) is 0 Å². The van der Waals surface area contributed by atoms with Gasteiger partial charge in [-0.25, -0.2) is 0 Å². The Morgan fingerprint density at radius 3 is 0.387 bits per heavy atom. The normalized spacial score (nSPS) is 7.42. The van der Waals surface area contributed by atoms with Crippen LogP contribution >= 0.6 is 0 Å². The van der Waals surface area contributed by atoms with E-state index in [1.54, 1.807) is 0 Å². The predicted octanol–water partition coefficient (Wildman–Crippen LogP) is -5.55. The van der Waals surface area contributed by atoms with Crippen LogP contribution in [0.1, 0.15) is 0 Å². The van der Waals surface area contributed by atoms with E-state index < -0.39 is 30.5 Å². The van der Waals surface area contributed by atoms with E-state index in [1.807, 2.05) is 0 Å². The van der Waals surface area contributed by atoms with Gasteiger partial charge in [0.25, 0.3) is 0 Å². The second kappa shape index (κ2) is 25.1. The maximum Gasteiger partial charge on any atom is 5.00 e. The maximum absolute atomic E-state index is 9.51. The molecule has 0 fully saturated rings. The van der Waals surface area contributed by atoms with Crippen molar-refractivity contribution in [2.24, 2.45) is 0 Å². The average molecular weight is 533 g/mol. The van der Waals surface area contributed by atoms with Crippen molar-refractivity contribution in [2.75, 3.05) is 70.5 Å². The van der Waals surface area contributed by atoms with Crippen LogP contribution in [0.25, 0.3) is 0 Å². The summed E-state index contributed by atoms with van der Waals surface area (Å²) in [7, 11) is 14.1. The minimum Gasteiger partial charge on any atom is -0.530 e. The molecular weight excluding hydrogens is 503 g/mol. The van der Waals surface area contributed by atoms with Crippen LogP contribution in [0.3, 0.4) is 0 Å². The molecule has 0 saturated carbocycles. The number of carboxylic acid groups (broad SMARTS) is 5. The molecule has 15 nitrogen and oxygen atoms in total. The van der Waals surface area contributed by atoms with E-state index in [1.165, 1.54) is 70.5 Å². The van der Waals surface area contributed by atoms with Gasteiger partial charge in [0, 0.05) is 70.5 Å². The summed E-state index contributed by atoms with van der Waals surface area (Å²) >= 11 is 0. The first-order valence-electron chi connectivity index (χ1n) is 7.63. The number of amides is 5. The summed E-state index contributed by atoms with van der Waals surface area (Å²) in [4.78, 5) is 52.4. The minimum atomic E-state index is -1.16. The molecule has 0 rings (SSSR count). The number of carbonyl (C=O) groups excluding carboxylic acids is 5. The second-order valence-corrected chi connectivity index (χ2v) is 5.80.